The summed E-state index contributed by atoms with van der Waals surface area (Å²) in [4.78, 5) is 0. The van der Waals surface area contributed by atoms with Gasteiger partial charge in [-0.3, -0.25) is 0 Å². The fraction of sp³-hybridized carbons (Fsp3) is 0. The first-order chi connectivity index (χ1) is 1.73. The monoisotopic (exact) mass is 308 g/mol. The zero-order chi connectivity index (χ0) is 3.58. The van der Waals surface area contributed by atoms with Crippen LogP contribution in [0.3, 0.4) is 0 Å². The van der Waals surface area contributed by atoms with Crippen LogP contribution < -0.4 is 0 Å². The Bertz CT molecular complexity index is 11.6. The molecule has 0 bridgehead atoms. The van der Waals surface area contributed by atoms with Gasteiger partial charge in [0.25, 0.3) is 0 Å². The van der Waals surface area contributed by atoms with Crippen molar-refractivity contribution < 1.29 is 13.7 Å². The van der Waals surface area contributed by atoms with Crippen LogP contribution in [0.5, 0.6) is 0 Å². The molecule has 0 rings (SSSR count). The molecule has 0 saturated carbocycles. The number of halogens is 3. The van der Waals surface area contributed by atoms with Gasteiger partial charge >= 0.3 is 42.3 Å². The van der Waals surface area contributed by atoms with Crippen molar-refractivity contribution in [2.45, 2.75) is 0 Å². The molecular weight excluding hydrogens is 307 g/mol. The molecule has 0 fully saturated rings. The predicted molar refractivity (Wildman–Crippen MR) is 22.8 cm³/mol. The number of hydrogen-bond donors (Lipinski definition) is 0. The van der Waals surface area contributed by atoms with E-state index >= 15 is 0 Å². The van der Waals surface area contributed by atoms with Crippen LogP contribution >= 0.6 is 28.6 Å². The van der Waals surface area contributed by atoms with E-state index in [1.54, 1.807) is 0 Å². The average Bonchev–Trinajstić information content (AvgIpc) is 0.811. The summed E-state index contributed by atoms with van der Waals surface area (Å²) >= 11 is -2.05. The van der Waals surface area contributed by atoms with E-state index in [1.807, 2.05) is 0 Å². The van der Waals surface area contributed by atoms with Gasteiger partial charge in [-0.15, -0.1) is 0 Å². The van der Waals surface area contributed by atoms with E-state index in [2.05, 4.69) is 0 Å². The molecule has 1 nitrogen and oxygen atoms in total. The average molecular weight is 309 g/mol. The fourth-order valence-electron chi connectivity index (χ4n) is 0. The van der Waals surface area contributed by atoms with Crippen molar-refractivity contribution in [1.82, 2.24) is 0 Å². The molecule has 36 valence electrons. The summed E-state index contributed by atoms with van der Waals surface area (Å²) in [5, 5.41) is 0. The van der Waals surface area contributed by atoms with Gasteiger partial charge in [0.1, 0.15) is 0 Å². The van der Waals surface area contributed by atoms with Gasteiger partial charge in [0.15, 0.2) is 0 Å². The second kappa shape index (κ2) is 5.49. The largest absolute Gasteiger partial charge is 0.693 e. The maximum atomic E-state index is 4.99. The van der Waals surface area contributed by atoms with E-state index in [1.165, 1.54) is 0 Å². The first-order valence-corrected chi connectivity index (χ1v) is 10.5. The third-order valence-electron chi connectivity index (χ3n) is 0. The van der Waals surface area contributed by atoms with Gasteiger partial charge in [-0.2, -0.15) is 0 Å². The Hall–Kier alpha value is 1.49. The third-order valence-corrected chi connectivity index (χ3v) is 0. The van der Waals surface area contributed by atoms with E-state index in [9.17, 15) is 0 Å². The van der Waals surface area contributed by atoms with Crippen molar-refractivity contribution in [3.63, 3.8) is 0 Å². The van der Waals surface area contributed by atoms with Crippen LogP contribution in [0.25, 0.3) is 6.15 Å². The SMILES string of the molecule is [Cl][Re]([Cl])[Cl].[NH2-]. The van der Waals surface area contributed by atoms with Crippen molar-refractivity contribution in [3.8, 4) is 0 Å². The minimum absolute atomic E-state index is 0. The quantitative estimate of drug-likeness (QED) is 0.659. The van der Waals surface area contributed by atoms with E-state index in [4.69, 9.17) is 28.6 Å². The zero-order valence-corrected chi connectivity index (χ0v) is 7.07. The summed E-state index contributed by atoms with van der Waals surface area (Å²) in [6, 6.07) is 0. The van der Waals surface area contributed by atoms with Crippen molar-refractivity contribution in [2.75, 3.05) is 0 Å². The molecule has 0 saturated heterocycles. The molecular formula is H2Cl3NRe-. The molecule has 0 aromatic carbocycles. The smallest absolute Gasteiger partial charge is 0.693 e. The summed E-state index contributed by atoms with van der Waals surface area (Å²) in [6.07, 6.45) is 0. The van der Waals surface area contributed by atoms with Crippen LogP contribution in [-0.2, 0) is 13.7 Å². The molecule has 0 aliphatic carbocycles. The van der Waals surface area contributed by atoms with Gasteiger partial charge in [0.05, 0.1) is 0 Å². The maximum absolute atomic E-state index is 4.99. The topological polar surface area (TPSA) is 33.5 Å². The molecule has 0 spiro atoms. The number of rotatable bonds is 0. The van der Waals surface area contributed by atoms with Crippen molar-refractivity contribution >= 4 is 28.6 Å². The summed E-state index contributed by atoms with van der Waals surface area (Å²) in [6.45, 7) is 0. The van der Waals surface area contributed by atoms with E-state index in [-0.39, 0.29) is 6.15 Å². The van der Waals surface area contributed by atoms with Crippen LogP contribution in [0.15, 0.2) is 0 Å². The number of hydrogen-bond acceptors (Lipinski definition) is 0. The van der Waals surface area contributed by atoms with Crippen LogP contribution in [0.4, 0.5) is 0 Å². The molecule has 0 radical (unpaired) electrons. The summed E-state index contributed by atoms with van der Waals surface area (Å²) in [5.74, 6) is 0. The molecule has 0 unspecified atom stereocenters. The molecule has 2 N–H and O–H groups in total. The van der Waals surface area contributed by atoms with E-state index in [0.717, 1.165) is 0 Å². The van der Waals surface area contributed by atoms with E-state index in [0.29, 0.717) is 0 Å². The molecule has 0 aromatic rings. The predicted octanol–water partition coefficient (Wildman–Crippen LogP) is 2.78. The standard InChI is InChI=1S/3ClH.H2N.Re/h3*1H;1H2;/q;;;-1;+3/p-3. The Kier molecular flexibility index (Phi) is 10.7. The molecule has 5 heteroatoms. The second-order valence-corrected chi connectivity index (χ2v) is 11.9. The molecule has 0 amide bonds. The van der Waals surface area contributed by atoms with Gasteiger partial charge in [-0.1, -0.05) is 0 Å². The van der Waals surface area contributed by atoms with Crippen LogP contribution in [0.2, 0.25) is 0 Å². The molecule has 0 aromatic heterocycles. The minimum Gasteiger partial charge on any atom is -0.693 e. The molecule has 0 aliphatic heterocycles. The summed E-state index contributed by atoms with van der Waals surface area (Å²) in [5.41, 5.74) is 0. The van der Waals surface area contributed by atoms with Crippen molar-refractivity contribution in [3.05, 3.63) is 6.15 Å². The van der Waals surface area contributed by atoms with Gasteiger partial charge in [-0.25, -0.2) is 0 Å². The maximum Gasteiger partial charge on any atom is -0.693 e. The Morgan fingerprint density at radius 3 is 1.00 bits per heavy atom. The first kappa shape index (κ1) is 9.70. The fourth-order valence-corrected chi connectivity index (χ4v) is 0. The van der Waals surface area contributed by atoms with Gasteiger partial charge in [-0.05, 0) is 0 Å². The summed E-state index contributed by atoms with van der Waals surface area (Å²) < 4.78 is 0. The van der Waals surface area contributed by atoms with Crippen LogP contribution in [-0.4, -0.2) is 0 Å². The van der Waals surface area contributed by atoms with Crippen LogP contribution in [0.1, 0.15) is 0 Å². The molecule has 0 heterocycles. The Balaban J connectivity index is 0. The van der Waals surface area contributed by atoms with Gasteiger partial charge in [0, 0.05) is 0 Å². The number of nitrogens with two attached hydrogens (primary N) is 1. The molecule has 0 aliphatic rings. The van der Waals surface area contributed by atoms with Crippen molar-refractivity contribution in [2.24, 2.45) is 0 Å². The normalized spacial score (nSPS) is 9.00. The third kappa shape index (κ3) is 30.1. The van der Waals surface area contributed by atoms with Crippen LogP contribution in [0, 0.1) is 0 Å². The molecule has 0 atom stereocenters. The minimum atomic E-state index is -2.05. The first-order valence-electron chi connectivity index (χ1n) is 0.429. The summed E-state index contributed by atoms with van der Waals surface area (Å²) in [7, 11) is 15.0. The Morgan fingerprint density at radius 1 is 1.00 bits per heavy atom. The zero-order valence-electron chi connectivity index (χ0n) is 2.09. The second-order valence-electron chi connectivity index (χ2n) is 0.162. The Labute approximate surface area is 48.4 Å². The van der Waals surface area contributed by atoms with E-state index < -0.39 is 13.7 Å². The van der Waals surface area contributed by atoms with Crippen molar-refractivity contribution in [1.29, 1.82) is 0 Å². The van der Waals surface area contributed by atoms with Gasteiger partial charge in [0.2, 0.25) is 0 Å². The Morgan fingerprint density at radius 2 is 1.00 bits per heavy atom. The van der Waals surface area contributed by atoms with Gasteiger partial charge < -0.3 is 6.15 Å². The molecule has 5 heavy (non-hydrogen) atoms.